The average molecular weight is 587 g/mol. The van der Waals surface area contributed by atoms with Gasteiger partial charge in [-0.1, -0.05) is 41.5 Å². The average Bonchev–Trinajstić information content (AvgIpc) is 3.28. The zero-order chi connectivity index (χ0) is 30.9. The maximum atomic E-state index is 12.0. The van der Waals surface area contributed by atoms with Crippen LogP contribution in [0.3, 0.4) is 0 Å². The summed E-state index contributed by atoms with van der Waals surface area (Å²) in [6.07, 6.45) is 11.5. The third kappa shape index (κ3) is 4.75. The molecular formula is C36H58O6. The smallest absolute Gasteiger partial charge is 0.302 e. The molecule has 0 heterocycles. The molecule has 238 valence electrons. The van der Waals surface area contributed by atoms with Gasteiger partial charge in [-0.2, -0.15) is 0 Å². The van der Waals surface area contributed by atoms with Crippen LogP contribution in [-0.4, -0.2) is 37.2 Å². The molecule has 0 aromatic carbocycles. The Morgan fingerprint density at radius 3 is 2.05 bits per heavy atom. The second kappa shape index (κ2) is 10.8. The fourth-order valence-corrected chi connectivity index (χ4v) is 12.7. The number of carbonyl (C=O) groups is 3. The Labute approximate surface area is 254 Å². The first-order valence-corrected chi connectivity index (χ1v) is 17.0. The van der Waals surface area contributed by atoms with Crippen molar-refractivity contribution >= 4 is 17.9 Å². The first-order chi connectivity index (χ1) is 19.5. The van der Waals surface area contributed by atoms with E-state index in [-0.39, 0.29) is 57.0 Å². The van der Waals surface area contributed by atoms with Gasteiger partial charge in [-0.15, -0.1) is 0 Å². The zero-order valence-electron chi connectivity index (χ0n) is 28.0. The summed E-state index contributed by atoms with van der Waals surface area (Å²) in [4.78, 5) is 35.8. The number of ether oxygens (including phenoxy) is 3. The molecule has 11 atom stereocenters. The molecule has 0 aliphatic heterocycles. The summed E-state index contributed by atoms with van der Waals surface area (Å²) < 4.78 is 17.3. The molecule has 6 nitrogen and oxygen atoms in total. The van der Waals surface area contributed by atoms with E-state index < -0.39 is 0 Å². The van der Waals surface area contributed by atoms with Crippen molar-refractivity contribution in [3.63, 3.8) is 0 Å². The SMILES string of the molecule is CC(=O)OCC(C)[C@@H]1CCC2(COC(C)=O)CC[C@]3(C)C(CCC4C3(C)CCC3C(C)(C)C(OC(C)=O)CC[C@@]34C)C12. The summed E-state index contributed by atoms with van der Waals surface area (Å²) >= 11 is 0. The number of fused-ring (bicyclic) bond motifs is 7. The first kappa shape index (κ1) is 31.8. The Morgan fingerprint density at radius 2 is 1.40 bits per heavy atom. The van der Waals surface area contributed by atoms with Gasteiger partial charge in [-0.3, -0.25) is 14.4 Å². The maximum absolute atomic E-state index is 12.0. The van der Waals surface area contributed by atoms with E-state index in [0.29, 0.717) is 42.8 Å². The highest BCUT2D eigenvalue weighted by Gasteiger charge is 2.71. The van der Waals surface area contributed by atoms with Crippen LogP contribution in [0, 0.1) is 62.6 Å². The third-order valence-corrected chi connectivity index (χ3v) is 14.7. The molecule has 0 saturated heterocycles. The zero-order valence-corrected chi connectivity index (χ0v) is 28.0. The fraction of sp³-hybridized carbons (Fsp3) is 0.917. The Kier molecular flexibility index (Phi) is 8.17. The van der Waals surface area contributed by atoms with E-state index >= 15 is 0 Å². The molecule has 8 unspecified atom stereocenters. The molecule has 0 aromatic rings. The normalized spacial score (nSPS) is 46.2. The van der Waals surface area contributed by atoms with Crippen molar-refractivity contribution in [2.24, 2.45) is 62.6 Å². The lowest BCUT2D eigenvalue weighted by molar-refractivity contribution is -0.253. The van der Waals surface area contributed by atoms with Crippen molar-refractivity contribution in [1.82, 2.24) is 0 Å². The van der Waals surface area contributed by atoms with Gasteiger partial charge in [0.2, 0.25) is 0 Å². The van der Waals surface area contributed by atoms with Gasteiger partial charge >= 0.3 is 17.9 Å². The monoisotopic (exact) mass is 586 g/mol. The van der Waals surface area contributed by atoms with Crippen LogP contribution in [0.2, 0.25) is 0 Å². The summed E-state index contributed by atoms with van der Waals surface area (Å²) in [7, 11) is 0. The Bertz CT molecular complexity index is 1080. The van der Waals surface area contributed by atoms with Crippen LogP contribution >= 0.6 is 0 Å². The van der Waals surface area contributed by atoms with Crippen LogP contribution in [0.4, 0.5) is 0 Å². The van der Waals surface area contributed by atoms with Crippen LogP contribution in [0.25, 0.3) is 0 Å². The number of rotatable bonds is 6. The fourth-order valence-electron chi connectivity index (χ4n) is 12.7. The first-order valence-electron chi connectivity index (χ1n) is 17.0. The lowest BCUT2D eigenvalue weighted by Crippen LogP contribution is -2.67. The second-order valence-electron chi connectivity index (χ2n) is 16.8. The molecule has 0 radical (unpaired) electrons. The van der Waals surface area contributed by atoms with Gasteiger partial charge in [-0.05, 0) is 116 Å². The largest absolute Gasteiger partial charge is 0.466 e. The predicted molar refractivity (Wildman–Crippen MR) is 162 cm³/mol. The molecule has 0 N–H and O–H groups in total. The molecule has 0 amide bonds. The van der Waals surface area contributed by atoms with Gasteiger partial charge in [0.05, 0.1) is 13.2 Å². The Hall–Kier alpha value is -1.59. The van der Waals surface area contributed by atoms with E-state index in [1.807, 2.05) is 0 Å². The lowest BCUT2D eigenvalue weighted by atomic mass is 9.32. The van der Waals surface area contributed by atoms with Gasteiger partial charge in [0.1, 0.15) is 6.10 Å². The standard InChI is InChI=1S/C36H58O6/c1-22(20-40-23(2)37)26-12-17-36(21-41-24(3)38)19-18-34(8)27(31(26)36)10-11-29-33(7)15-14-30(42-25(4)39)32(5,6)28(33)13-16-35(29,34)9/h22,26-31H,10-21H2,1-9H3/t22?,26-,27?,28?,29?,30?,31?,33-,34+,35?,36?/m0/s1. The number of carbonyl (C=O) groups excluding carboxylic acids is 3. The highest BCUT2D eigenvalue weighted by atomic mass is 16.5. The third-order valence-electron chi connectivity index (χ3n) is 14.7. The van der Waals surface area contributed by atoms with Gasteiger partial charge in [0.25, 0.3) is 0 Å². The van der Waals surface area contributed by atoms with Crippen LogP contribution in [-0.2, 0) is 28.6 Å². The van der Waals surface area contributed by atoms with E-state index in [2.05, 4.69) is 41.5 Å². The van der Waals surface area contributed by atoms with Crippen LogP contribution in [0.15, 0.2) is 0 Å². The van der Waals surface area contributed by atoms with Gasteiger partial charge < -0.3 is 14.2 Å². The molecule has 0 spiro atoms. The van der Waals surface area contributed by atoms with Crippen molar-refractivity contribution in [3.8, 4) is 0 Å². The van der Waals surface area contributed by atoms with E-state index in [9.17, 15) is 14.4 Å². The minimum absolute atomic E-state index is 0.00103. The summed E-state index contributed by atoms with van der Waals surface area (Å²) in [6.45, 7) is 20.4. The summed E-state index contributed by atoms with van der Waals surface area (Å²) in [5, 5.41) is 0. The van der Waals surface area contributed by atoms with Crippen molar-refractivity contribution in [3.05, 3.63) is 0 Å². The Balaban J connectivity index is 1.48. The highest BCUT2D eigenvalue weighted by Crippen LogP contribution is 2.77. The molecule has 42 heavy (non-hydrogen) atoms. The van der Waals surface area contributed by atoms with Gasteiger partial charge in [0, 0.05) is 31.6 Å². The van der Waals surface area contributed by atoms with E-state index in [0.717, 1.165) is 32.1 Å². The predicted octanol–water partition coefficient (Wildman–Crippen LogP) is 7.76. The number of hydrogen-bond acceptors (Lipinski definition) is 6. The molecule has 5 rings (SSSR count). The lowest BCUT2D eigenvalue weighted by Gasteiger charge is -2.73. The summed E-state index contributed by atoms with van der Waals surface area (Å²) in [6, 6.07) is 0. The molecule has 5 fully saturated rings. The van der Waals surface area contributed by atoms with E-state index in [1.165, 1.54) is 46.0 Å². The molecule has 0 bridgehead atoms. The number of hydrogen-bond donors (Lipinski definition) is 0. The molecule has 5 aliphatic carbocycles. The minimum Gasteiger partial charge on any atom is -0.466 e. The Morgan fingerprint density at radius 1 is 0.714 bits per heavy atom. The van der Waals surface area contributed by atoms with Crippen molar-refractivity contribution < 1.29 is 28.6 Å². The maximum Gasteiger partial charge on any atom is 0.302 e. The molecular weight excluding hydrogens is 528 g/mol. The summed E-state index contributed by atoms with van der Waals surface area (Å²) in [5.74, 6) is 2.44. The molecule has 5 saturated carbocycles. The minimum atomic E-state index is -0.205. The van der Waals surface area contributed by atoms with Crippen LogP contribution < -0.4 is 0 Å². The number of esters is 3. The van der Waals surface area contributed by atoms with Crippen molar-refractivity contribution in [2.75, 3.05) is 13.2 Å². The molecule has 0 aromatic heterocycles. The van der Waals surface area contributed by atoms with E-state index in [4.69, 9.17) is 14.2 Å². The molecule has 5 aliphatic rings. The molecule has 6 heteroatoms. The second-order valence-corrected chi connectivity index (χ2v) is 16.8. The summed E-state index contributed by atoms with van der Waals surface area (Å²) in [5.41, 5.74) is 0.650. The quantitative estimate of drug-likeness (QED) is 0.234. The van der Waals surface area contributed by atoms with Crippen molar-refractivity contribution in [1.29, 1.82) is 0 Å². The van der Waals surface area contributed by atoms with Crippen molar-refractivity contribution in [2.45, 2.75) is 133 Å². The topological polar surface area (TPSA) is 78.9 Å². The van der Waals surface area contributed by atoms with Gasteiger partial charge in [0.15, 0.2) is 0 Å². The van der Waals surface area contributed by atoms with Crippen LogP contribution in [0.5, 0.6) is 0 Å². The van der Waals surface area contributed by atoms with E-state index in [1.54, 1.807) is 6.92 Å². The van der Waals surface area contributed by atoms with Crippen LogP contribution in [0.1, 0.15) is 127 Å². The highest BCUT2D eigenvalue weighted by molar-refractivity contribution is 5.66. The van der Waals surface area contributed by atoms with Gasteiger partial charge in [-0.25, -0.2) is 0 Å².